The number of hydrogen-bond donors (Lipinski definition) is 1. The highest BCUT2D eigenvalue weighted by atomic mass is 35.5. The number of rotatable bonds is 8. The zero-order chi connectivity index (χ0) is 24.1. The van der Waals surface area contributed by atoms with Gasteiger partial charge in [-0.25, -0.2) is 0 Å². The molecular formula is C26H21ClN2O5. The number of carbonyl (C=O) groups is 2. The van der Waals surface area contributed by atoms with Crippen LogP contribution in [-0.2, 0) is 6.54 Å². The van der Waals surface area contributed by atoms with Crippen LogP contribution in [0.5, 0.6) is 11.5 Å². The number of amides is 1. The first-order valence-corrected chi connectivity index (χ1v) is 10.7. The number of aldehydes is 1. The van der Waals surface area contributed by atoms with Gasteiger partial charge in [-0.15, -0.1) is 0 Å². The van der Waals surface area contributed by atoms with Gasteiger partial charge >= 0.3 is 0 Å². The number of hydrogen-bond acceptors (Lipinski definition) is 6. The smallest absolute Gasteiger partial charge is 0.273 e. The molecule has 0 atom stereocenters. The van der Waals surface area contributed by atoms with Crippen LogP contribution in [-0.4, -0.2) is 31.6 Å². The van der Waals surface area contributed by atoms with Crippen molar-refractivity contribution in [2.75, 3.05) is 14.2 Å². The molecule has 4 rings (SSSR count). The van der Waals surface area contributed by atoms with E-state index in [0.717, 1.165) is 23.0 Å². The molecule has 0 aliphatic rings. The number of benzene rings is 3. The first kappa shape index (κ1) is 23.1. The van der Waals surface area contributed by atoms with Gasteiger partial charge in [-0.1, -0.05) is 41.0 Å². The minimum absolute atomic E-state index is 0.135. The first-order valence-electron chi connectivity index (χ1n) is 10.3. The van der Waals surface area contributed by atoms with Crippen molar-refractivity contribution in [1.29, 1.82) is 0 Å². The molecule has 0 spiro atoms. The molecule has 172 valence electrons. The molecule has 3 aromatic carbocycles. The first-order chi connectivity index (χ1) is 16.5. The average Bonchev–Trinajstić information content (AvgIpc) is 3.37. The summed E-state index contributed by atoms with van der Waals surface area (Å²) in [7, 11) is 3.08. The van der Waals surface area contributed by atoms with E-state index in [0.29, 0.717) is 33.4 Å². The van der Waals surface area contributed by atoms with Gasteiger partial charge in [0.25, 0.3) is 5.91 Å². The lowest BCUT2D eigenvalue weighted by Crippen LogP contribution is -2.23. The second kappa shape index (κ2) is 10.2. The number of nitrogens with zero attached hydrogens (tertiary/aromatic N) is 1. The van der Waals surface area contributed by atoms with Crippen LogP contribution >= 0.6 is 11.6 Å². The molecule has 1 N–H and O–H groups in total. The van der Waals surface area contributed by atoms with E-state index >= 15 is 0 Å². The van der Waals surface area contributed by atoms with Crippen LogP contribution in [0.1, 0.15) is 26.4 Å². The lowest BCUT2D eigenvalue weighted by molar-refractivity contribution is 0.0941. The van der Waals surface area contributed by atoms with Gasteiger partial charge in [0.15, 0.2) is 17.7 Å². The normalized spacial score (nSPS) is 10.6. The monoisotopic (exact) mass is 476 g/mol. The van der Waals surface area contributed by atoms with Crippen LogP contribution in [0.4, 0.5) is 0 Å². The average molecular weight is 477 g/mol. The molecule has 0 aliphatic carbocycles. The summed E-state index contributed by atoms with van der Waals surface area (Å²) in [6, 6.07) is 19.6. The maximum absolute atomic E-state index is 12.7. The summed E-state index contributed by atoms with van der Waals surface area (Å²) in [6.07, 6.45) is 0.752. The van der Waals surface area contributed by atoms with Crippen LogP contribution in [0.2, 0.25) is 5.02 Å². The number of carbonyl (C=O) groups excluding carboxylic acids is 2. The Morgan fingerprint density at radius 3 is 2.41 bits per heavy atom. The van der Waals surface area contributed by atoms with Gasteiger partial charge in [0.2, 0.25) is 0 Å². The van der Waals surface area contributed by atoms with Crippen molar-refractivity contribution < 1.29 is 23.6 Å². The Hall–Kier alpha value is -4.10. The zero-order valence-corrected chi connectivity index (χ0v) is 19.3. The quantitative estimate of drug-likeness (QED) is 0.341. The Kier molecular flexibility index (Phi) is 6.94. The largest absolute Gasteiger partial charge is 0.496 e. The maximum atomic E-state index is 12.7. The predicted molar refractivity (Wildman–Crippen MR) is 128 cm³/mol. The molecule has 0 saturated heterocycles. The van der Waals surface area contributed by atoms with Crippen LogP contribution in [0, 0.1) is 0 Å². The van der Waals surface area contributed by atoms with Crippen LogP contribution in [0.25, 0.3) is 22.5 Å². The fraction of sp³-hybridized carbons (Fsp3) is 0.115. The van der Waals surface area contributed by atoms with E-state index in [4.69, 9.17) is 25.6 Å². The molecule has 8 heteroatoms. The number of ether oxygens (including phenoxy) is 2. The third-order valence-corrected chi connectivity index (χ3v) is 5.62. The van der Waals surface area contributed by atoms with Crippen molar-refractivity contribution in [1.82, 2.24) is 10.5 Å². The molecule has 0 aliphatic heterocycles. The Labute approximate surface area is 201 Å². The minimum Gasteiger partial charge on any atom is -0.496 e. The fourth-order valence-electron chi connectivity index (χ4n) is 3.54. The standard InChI is InChI=1S/C26H21ClN2O5/c1-32-23-9-7-16(17-8-10-24(33-2)19(12-17)15-30)11-18(23)14-28-26(31)22-13-25(34-29-22)20-5-3-4-6-21(20)27/h3-13,15H,14H2,1-2H3,(H,28,31). The Balaban J connectivity index is 1.53. The van der Waals surface area contributed by atoms with E-state index < -0.39 is 5.91 Å². The van der Waals surface area contributed by atoms with Gasteiger partial charge in [0.1, 0.15) is 11.5 Å². The molecule has 4 aromatic rings. The van der Waals surface area contributed by atoms with Crippen LogP contribution in [0.3, 0.4) is 0 Å². The molecule has 0 radical (unpaired) electrons. The highest BCUT2D eigenvalue weighted by molar-refractivity contribution is 6.33. The van der Waals surface area contributed by atoms with Crippen molar-refractivity contribution in [2.24, 2.45) is 0 Å². The summed E-state index contributed by atoms with van der Waals surface area (Å²) in [5, 5.41) is 7.21. The summed E-state index contributed by atoms with van der Waals surface area (Å²) in [5.74, 6) is 1.12. The Morgan fingerprint density at radius 2 is 1.71 bits per heavy atom. The summed E-state index contributed by atoms with van der Waals surface area (Å²) in [4.78, 5) is 24.1. The number of methoxy groups -OCH3 is 2. The Morgan fingerprint density at radius 1 is 1.00 bits per heavy atom. The van der Waals surface area contributed by atoms with Crippen molar-refractivity contribution in [3.8, 4) is 33.9 Å². The summed E-state index contributed by atoms with van der Waals surface area (Å²) < 4.78 is 16.0. The Bertz CT molecular complexity index is 1350. The summed E-state index contributed by atoms with van der Waals surface area (Å²) in [5.41, 5.74) is 3.69. The van der Waals surface area contributed by atoms with E-state index in [1.807, 2.05) is 36.4 Å². The molecule has 1 heterocycles. The van der Waals surface area contributed by atoms with Gasteiger partial charge < -0.3 is 19.3 Å². The zero-order valence-electron chi connectivity index (χ0n) is 18.5. The molecule has 0 fully saturated rings. The van der Waals surface area contributed by atoms with Crippen LogP contribution in [0.15, 0.2) is 71.3 Å². The second-order valence-electron chi connectivity index (χ2n) is 7.34. The summed E-state index contributed by atoms with van der Waals surface area (Å²) in [6.45, 7) is 0.195. The SMILES string of the molecule is COc1ccc(-c2ccc(OC)c(CNC(=O)c3cc(-c4ccccc4Cl)on3)c2)cc1C=O. The molecule has 7 nitrogen and oxygen atoms in total. The highest BCUT2D eigenvalue weighted by Crippen LogP contribution is 2.30. The molecule has 0 bridgehead atoms. The molecule has 0 saturated carbocycles. The van der Waals surface area contributed by atoms with E-state index in [1.165, 1.54) is 7.11 Å². The van der Waals surface area contributed by atoms with E-state index in [-0.39, 0.29) is 12.2 Å². The van der Waals surface area contributed by atoms with Crippen molar-refractivity contribution in [2.45, 2.75) is 6.54 Å². The number of aromatic nitrogens is 1. The topological polar surface area (TPSA) is 90.7 Å². The minimum atomic E-state index is -0.401. The molecule has 1 amide bonds. The van der Waals surface area contributed by atoms with Gasteiger partial charge in [-0.2, -0.15) is 0 Å². The molecule has 1 aromatic heterocycles. The van der Waals surface area contributed by atoms with Gasteiger partial charge in [0, 0.05) is 23.7 Å². The van der Waals surface area contributed by atoms with E-state index in [9.17, 15) is 9.59 Å². The van der Waals surface area contributed by atoms with Gasteiger partial charge in [-0.3, -0.25) is 9.59 Å². The van der Waals surface area contributed by atoms with Crippen molar-refractivity contribution >= 4 is 23.8 Å². The van der Waals surface area contributed by atoms with E-state index in [1.54, 1.807) is 37.4 Å². The lowest BCUT2D eigenvalue weighted by Gasteiger charge is -2.12. The van der Waals surface area contributed by atoms with E-state index in [2.05, 4.69) is 10.5 Å². The van der Waals surface area contributed by atoms with Gasteiger partial charge in [-0.05, 0) is 47.5 Å². The number of nitrogens with one attached hydrogen (secondary N) is 1. The summed E-state index contributed by atoms with van der Waals surface area (Å²) >= 11 is 6.19. The third-order valence-electron chi connectivity index (χ3n) is 5.29. The van der Waals surface area contributed by atoms with Crippen molar-refractivity contribution in [3.63, 3.8) is 0 Å². The molecular weight excluding hydrogens is 456 g/mol. The van der Waals surface area contributed by atoms with Gasteiger partial charge in [0.05, 0.1) is 24.8 Å². The second-order valence-corrected chi connectivity index (χ2v) is 7.75. The molecule has 0 unspecified atom stereocenters. The number of halogens is 1. The predicted octanol–water partition coefficient (Wildman–Crippen LogP) is 5.42. The lowest BCUT2D eigenvalue weighted by atomic mass is 10.00. The van der Waals surface area contributed by atoms with Crippen molar-refractivity contribution in [3.05, 3.63) is 88.6 Å². The van der Waals surface area contributed by atoms with Crippen LogP contribution < -0.4 is 14.8 Å². The maximum Gasteiger partial charge on any atom is 0.273 e. The third kappa shape index (κ3) is 4.79. The fourth-order valence-corrected chi connectivity index (χ4v) is 3.77. The molecule has 34 heavy (non-hydrogen) atoms. The highest BCUT2D eigenvalue weighted by Gasteiger charge is 2.16.